The minimum absolute atomic E-state index is 0.183. The smallest absolute Gasteiger partial charge is 0.413 e. The average Bonchev–Trinajstić information content (AvgIpc) is 2.33. The van der Waals surface area contributed by atoms with Crippen LogP contribution in [0.5, 0.6) is 0 Å². The third-order valence-corrected chi connectivity index (χ3v) is 9.86. The van der Waals surface area contributed by atoms with Crippen molar-refractivity contribution in [2.24, 2.45) is 0 Å². The molecule has 0 aromatic carbocycles. The van der Waals surface area contributed by atoms with Crippen molar-refractivity contribution in [2.45, 2.75) is 65.8 Å². The quantitative estimate of drug-likeness (QED) is 0.309. The van der Waals surface area contributed by atoms with Crippen LogP contribution in [0.25, 0.3) is 0 Å². The second-order valence-electron chi connectivity index (χ2n) is 6.59. The number of hydrogen-bond acceptors (Lipinski definition) is 5. The molecule has 0 aromatic heterocycles. The van der Waals surface area contributed by atoms with E-state index in [4.69, 9.17) is 18.0 Å². The molecule has 0 aliphatic carbocycles. The number of hydrogen-bond donors (Lipinski definition) is 0. The van der Waals surface area contributed by atoms with Gasteiger partial charge in [-0.1, -0.05) is 32.9 Å². The van der Waals surface area contributed by atoms with Gasteiger partial charge in [-0.3, -0.25) is 13.6 Å². The van der Waals surface area contributed by atoms with Gasteiger partial charge in [-0.15, -0.1) is 0 Å². The zero-order chi connectivity index (χ0) is 17.4. The normalized spacial score (nSPS) is 15.5. The lowest BCUT2D eigenvalue weighted by molar-refractivity contribution is 0.106. The maximum atomic E-state index is 12.2. The number of phosphoric acid groups is 1. The average molecular weight is 352 g/mol. The summed E-state index contributed by atoms with van der Waals surface area (Å²) in [6, 6.07) is 0. The first-order valence-corrected chi connectivity index (χ1v) is 12.2. The molecule has 0 saturated heterocycles. The Morgan fingerprint density at radius 2 is 1.64 bits per heavy atom. The largest absolute Gasteiger partial charge is 0.475 e. The topological polar surface area (TPSA) is 54.0 Å². The van der Waals surface area contributed by atoms with Crippen molar-refractivity contribution in [3.8, 4) is 0 Å². The van der Waals surface area contributed by atoms with E-state index >= 15 is 0 Å². The highest BCUT2D eigenvalue weighted by molar-refractivity contribution is 7.48. The van der Waals surface area contributed by atoms with E-state index in [2.05, 4.69) is 33.9 Å². The molecular formula is C15H33O5PSi. The van der Waals surface area contributed by atoms with E-state index < -0.39 is 16.1 Å². The van der Waals surface area contributed by atoms with Gasteiger partial charge in [0.2, 0.25) is 0 Å². The summed E-state index contributed by atoms with van der Waals surface area (Å²) >= 11 is 0. The molecule has 0 aliphatic heterocycles. The van der Waals surface area contributed by atoms with E-state index in [1.807, 2.05) is 12.2 Å². The summed E-state index contributed by atoms with van der Waals surface area (Å²) < 4.78 is 33.9. The van der Waals surface area contributed by atoms with E-state index in [1.165, 1.54) is 0 Å². The summed E-state index contributed by atoms with van der Waals surface area (Å²) in [5.41, 5.74) is 0. The fraction of sp³-hybridized carbons (Fsp3) is 0.867. The Morgan fingerprint density at radius 1 is 1.14 bits per heavy atom. The van der Waals surface area contributed by atoms with E-state index in [0.29, 0.717) is 6.61 Å². The molecule has 0 aromatic rings. The Labute approximate surface area is 137 Å². The highest BCUT2D eigenvalue weighted by Crippen LogP contribution is 2.50. The van der Waals surface area contributed by atoms with Gasteiger partial charge in [0.15, 0.2) is 8.32 Å². The zero-order valence-electron chi connectivity index (χ0n) is 15.3. The van der Waals surface area contributed by atoms with Gasteiger partial charge in [0, 0.05) is 0 Å². The summed E-state index contributed by atoms with van der Waals surface area (Å²) in [7, 11) is -5.21. The first-order chi connectivity index (χ1) is 9.97. The van der Waals surface area contributed by atoms with Gasteiger partial charge in [-0.2, -0.15) is 0 Å². The van der Waals surface area contributed by atoms with Crippen LogP contribution < -0.4 is 0 Å². The second-order valence-corrected chi connectivity index (χ2v) is 13.0. The van der Waals surface area contributed by atoms with Gasteiger partial charge >= 0.3 is 7.82 Å². The molecule has 7 heteroatoms. The Kier molecular flexibility index (Phi) is 9.37. The van der Waals surface area contributed by atoms with Gasteiger partial charge in [-0.25, -0.2) is 4.57 Å². The lowest BCUT2D eigenvalue weighted by Gasteiger charge is -2.35. The number of phosphoric ester groups is 1. The standard InChI is InChI=1S/C15H33O5PSi/c1-9-17-21(16,18-10-2)20-14(3)12-11-13-19-22(7,8)15(4,5)6/h11-12,14H,9-10,13H2,1-8H3/b12-11+. The molecule has 0 amide bonds. The van der Waals surface area contributed by atoms with Crippen molar-refractivity contribution in [3.05, 3.63) is 12.2 Å². The maximum Gasteiger partial charge on any atom is 0.475 e. The predicted octanol–water partition coefficient (Wildman–Crippen LogP) is 5.15. The van der Waals surface area contributed by atoms with Crippen LogP contribution in [0.15, 0.2) is 12.2 Å². The van der Waals surface area contributed by atoms with Gasteiger partial charge in [0.1, 0.15) is 0 Å². The van der Waals surface area contributed by atoms with Gasteiger partial charge in [0.25, 0.3) is 0 Å². The molecule has 0 aliphatic rings. The predicted molar refractivity (Wildman–Crippen MR) is 93.7 cm³/mol. The van der Waals surface area contributed by atoms with Gasteiger partial charge in [0.05, 0.1) is 25.9 Å². The fourth-order valence-electron chi connectivity index (χ4n) is 1.37. The molecule has 132 valence electrons. The lowest BCUT2D eigenvalue weighted by atomic mass is 10.2. The highest BCUT2D eigenvalue weighted by Gasteiger charge is 2.36. The first kappa shape index (κ1) is 22.0. The molecule has 0 spiro atoms. The molecule has 5 nitrogen and oxygen atoms in total. The Balaban J connectivity index is 4.42. The Bertz CT molecular complexity index is 380. The van der Waals surface area contributed by atoms with Crippen LogP contribution in [0.4, 0.5) is 0 Å². The molecule has 0 radical (unpaired) electrons. The van der Waals surface area contributed by atoms with E-state index in [1.54, 1.807) is 20.8 Å². The van der Waals surface area contributed by atoms with E-state index in [0.717, 1.165) is 0 Å². The maximum absolute atomic E-state index is 12.2. The molecule has 1 atom stereocenters. The second kappa shape index (κ2) is 9.35. The van der Waals surface area contributed by atoms with Crippen LogP contribution in [0, 0.1) is 0 Å². The zero-order valence-corrected chi connectivity index (χ0v) is 17.2. The summed E-state index contributed by atoms with van der Waals surface area (Å²) in [5, 5.41) is 0.183. The van der Waals surface area contributed by atoms with Crippen LogP contribution in [0.2, 0.25) is 18.1 Å². The van der Waals surface area contributed by atoms with Gasteiger partial charge in [-0.05, 0) is 38.9 Å². The van der Waals surface area contributed by atoms with Crippen LogP contribution in [-0.2, 0) is 22.6 Å². The third kappa shape index (κ3) is 8.04. The van der Waals surface area contributed by atoms with Crippen molar-refractivity contribution in [1.82, 2.24) is 0 Å². The fourth-order valence-corrected chi connectivity index (χ4v) is 3.63. The summed E-state index contributed by atoms with van der Waals surface area (Å²) in [4.78, 5) is 0. The van der Waals surface area contributed by atoms with Gasteiger partial charge < -0.3 is 4.43 Å². The molecule has 0 saturated carbocycles. The van der Waals surface area contributed by atoms with Crippen molar-refractivity contribution in [1.29, 1.82) is 0 Å². The SMILES string of the molecule is CCOP(=O)(OCC)OC(C)/C=C/CO[Si](C)(C)C(C)(C)C. The summed E-state index contributed by atoms with van der Waals surface area (Å²) in [6.45, 7) is 17.4. The molecule has 1 unspecified atom stereocenters. The molecule has 0 bridgehead atoms. The van der Waals surface area contributed by atoms with Crippen molar-refractivity contribution in [3.63, 3.8) is 0 Å². The molecule has 0 N–H and O–H groups in total. The van der Waals surface area contributed by atoms with Crippen molar-refractivity contribution < 1.29 is 22.6 Å². The number of rotatable bonds is 10. The minimum atomic E-state index is -3.47. The van der Waals surface area contributed by atoms with Crippen molar-refractivity contribution >= 4 is 16.1 Å². The Hall–Kier alpha value is 0.0269. The summed E-state index contributed by atoms with van der Waals surface area (Å²) in [6.07, 6.45) is 3.34. The van der Waals surface area contributed by atoms with Crippen LogP contribution >= 0.6 is 7.82 Å². The molecular weight excluding hydrogens is 319 g/mol. The lowest BCUT2D eigenvalue weighted by Crippen LogP contribution is -2.40. The Morgan fingerprint density at radius 3 is 2.05 bits per heavy atom. The molecule has 0 heterocycles. The monoisotopic (exact) mass is 352 g/mol. The van der Waals surface area contributed by atoms with Crippen LogP contribution in [0.1, 0.15) is 41.5 Å². The van der Waals surface area contributed by atoms with E-state index in [-0.39, 0.29) is 24.4 Å². The first-order valence-electron chi connectivity index (χ1n) is 7.85. The minimum Gasteiger partial charge on any atom is -0.413 e. The highest BCUT2D eigenvalue weighted by atomic mass is 31.2. The summed E-state index contributed by atoms with van der Waals surface area (Å²) in [5.74, 6) is 0. The van der Waals surface area contributed by atoms with E-state index in [9.17, 15) is 4.57 Å². The molecule has 0 rings (SSSR count). The van der Waals surface area contributed by atoms with Crippen molar-refractivity contribution in [2.75, 3.05) is 19.8 Å². The molecule has 22 heavy (non-hydrogen) atoms. The van der Waals surface area contributed by atoms with Crippen LogP contribution in [-0.4, -0.2) is 34.2 Å². The van der Waals surface area contributed by atoms with Crippen LogP contribution in [0.3, 0.4) is 0 Å². The third-order valence-electron chi connectivity index (χ3n) is 3.62. The molecule has 0 fully saturated rings.